The van der Waals surface area contributed by atoms with Gasteiger partial charge in [0.1, 0.15) is 10.9 Å². The van der Waals surface area contributed by atoms with Crippen LogP contribution in [0.4, 0.5) is 5.00 Å². The molecule has 1 N–H and O–H groups in total. The van der Waals surface area contributed by atoms with E-state index >= 15 is 0 Å². The summed E-state index contributed by atoms with van der Waals surface area (Å²) in [6.07, 6.45) is 0. The molecule has 0 atom stereocenters. The Kier molecular flexibility index (Phi) is 5.79. The summed E-state index contributed by atoms with van der Waals surface area (Å²) >= 11 is 12.5. The molecule has 3 aromatic rings. The first-order valence-corrected chi connectivity index (χ1v) is 9.58. The number of amides is 1. The van der Waals surface area contributed by atoms with Crippen LogP contribution in [0.5, 0.6) is 0 Å². The minimum atomic E-state index is -0.668. The maximum absolute atomic E-state index is 13.0. The summed E-state index contributed by atoms with van der Waals surface area (Å²) in [5.41, 5.74) is -0.104. The predicted molar refractivity (Wildman–Crippen MR) is 106 cm³/mol. The monoisotopic (exact) mass is 425 g/mol. The van der Waals surface area contributed by atoms with E-state index < -0.39 is 17.4 Å². The molecule has 0 unspecified atom stereocenters. The van der Waals surface area contributed by atoms with E-state index in [9.17, 15) is 14.4 Å². The Morgan fingerprint density at radius 2 is 2.00 bits per heavy atom. The minimum absolute atomic E-state index is 0.0241. The maximum Gasteiger partial charge on any atom is 0.359 e. The van der Waals surface area contributed by atoms with Crippen molar-refractivity contribution in [3.8, 4) is 5.69 Å². The average Bonchev–Trinajstić information content (AvgIpc) is 3.07. The third-order valence-corrected chi connectivity index (χ3v) is 4.96. The zero-order valence-electron chi connectivity index (χ0n) is 14.0. The lowest BCUT2D eigenvalue weighted by Crippen LogP contribution is -2.25. The fraction of sp³-hybridized carbons (Fsp3) is 0.176. The van der Waals surface area contributed by atoms with Crippen molar-refractivity contribution < 1.29 is 14.3 Å². The molecule has 0 bridgehead atoms. The molecule has 140 valence electrons. The number of ether oxygens (including phenoxy) is 1. The molecule has 0 aliphatic carbocycles. The predicted octanol–water partition coefficient (Wildman–Crippen LogP) is 3.45. The second kappa shape index (κ2) is 8.08. The highest BCUT2D eigenvalue weighted by Crippen LogP contribution is 2.30. The molecule has 3 rings (SSSR count). The van der Waals surface area contributed by atoms with Gasteiger partial charge in [0.05, 0.1) is 17.7 Å². The summed E-state index contributed by atoms with van der Waals surface area (Å²) in [6, 6.07) is 6.40. The summed E-state index contributed by atoms with van der Waals surface area (Å²) in [7, 11) is 0. The largest absolute Gasteiger partial charge is 0.461 e. The number of aromatic nitrogens is 2. The van der Waals surface area contributed by atoms with Crippen LogP contribution >= 0.6 is 34.5 Å². The summed E-state index contributed by atoms with van der Waals surface area (Å²) in [6.45, 7) is 1.83. The number of nitrogens with zero attached hydrogens (tertiary/aromatic N) is 2. The number of alkyl halides is 1. The normalized spacial score (nSPS) is 10.8. The van der Waals surface area contributed by atoms with Gasteiger partial charge < -0.3 is 10.1 Å². The van der Waals surface area contributed by atoms with Crippen molar-refractivity contribution >= 4 is 62.2 Å². The first kappa shape index (κ1) is 19.3. The molecule has 7 nitrogen and oxygen atoms in total. The number of esters is 1. The molecule has 1 aromatic carbocycles. The van der Waals surface area contributed by atoms with E-state index in [4.69, 9.17) is 27.9 Å². The van der Waals surface area contributed by atoms with Crippen molar-refractivity contribution in [2.45, 2.75) is 6.92 Å². The summed E-state index contributed by atoms with van der Waals surface area (Å²) in [4.78, 5) is 37.1. The highest BCUT2D eigenvalue weighted by atomic mass is 35.5. The van der Waals surface area contributed by atoms with Crippen molar-refractivity contribution in [3.05, 3.63) is 50.7 Å². The zero-order chi connectivity index (χ0) is 19.6. The lowest BCUT2D eigenvalue weighted by Gasteiger charge is -2.09. The van der Waals surface area contributed by atoms with E-state index in [1.165, 1.54) is 0 Å². The Balaban J connectivity index is 2.29. The standard InChI is InChI=1S/C17H13Cl2N3O4S/c1-2-26-17(25)14-11-8-27-15(20-12(23)7-18)13(11)16(24)22(21-14)10-5-3-9(19)4-6-10/h3-6,8H,2,7H2,1H3,(H,20,23). The van der Waals surface area contributed by atoms with Crippen LogP contribution in [-0.4, -0.2) is 34.1 Å². The fourth-order valence-corrected chi connectivity index (χ4v) is 3.56. The van der Waals surface area contributed by atoms with Gasteiger partial charge >= 0.3 is 5.97 Å². The van der Waals surface area contributed by atoms with Crippen LogP contribution in [-0.2, 0) is 9.53 Å². The molecule has 0 fully saturated rings. The van der Waals surface area contributed by atoms with Crippen molar-refractivity contribution in [2.75, 3.05) is 17.8 Å². The Labute approximate surface area is 167 Å². The van der Waals surface area contributed by atoms with Crippen molar-refractivity contribution in [1.82, 2.24) is 9.78 Å². The molecular weight excluding hydrogens is 413 g/mol. The van der Waals surface area contributed by atoms with E-state index in [0.29, 0.717) is 16.1 Å². The van der Waals surface area contributed by atoms with Gasteiger partial charge in [-0.25, -0.2) is 4.79 Å². The van der Waals surface area contributed by atoms with E-state index in [1.54, 1.807) is 36.6 Å². The third-order valence-electron chi connectivity index (χ3n) is 3.57. The number of thiophene rings is 1. The summed E-state index contributed by atoms with van der Waals surface area (Å²) < 4.78 is 6.13. The molecule has 0 spiro atoms. The lowest BCUT2D eigenvalue weighted by atomic mass is 10.2. The Bertz CT molecular complexity index is 1080. The highest BCUT2D eigenvalue weighted by molar-refractivity contribution is 7.16. The fourth-order valence-electron chi connectivity index (χ4n) is 2.41. The van der Waals surface area contributed by atoms with Gasteiger partial charge in [-0.05, 0) is 31.2 Å². The van der Waals surface area contributed by atoms with Gasteiger partial charge in [-0.3, -0.25) is 9.59 Å². The van der Waals surface area contributed by atoms with Crippen LogP contribution in [0.3, 0.4) is 0 Å². The average molecular weight is 426 g/mol. The number of nitrogens with one attached hydrogen (secondary N) is 1. The summed E-state index contributed by atoms with van der Waals surface area (Å²) in [5, 5.41) is 9.58. The van der Waals surface area contributed by atoms with Crippen LogP contribution in [0.15, 0.2) is 34.4 Å². The van der Waals surface area contributed by atoms with Gasteiger partial charge in [0.2, 0.25) is 5.91 Å². The van der Waals surface area contributed by atoms with E-state index in [0.717, 1.165) is 16.0 Å². The third kappa shape index (κ3) is 3.83. The topological polar surface area (TPSA) is 90.3 Å². The van der Waals surface area contributed by atoms with Gasteiger partial charge in [0, 0.05) is 15.8 Å². The maximum atomic E-state index is 13.0. The van der Waals surface area contributed by atoms with Gasteiger partial charge in [-0.2, -0.15) is 9.78 Å². The van der Waals surface area contributed by atoms with E-state index in [2.05, 4.69) is 10.4 Å². The summed E-state index contributed by atoms with van der Waals surface area (Å²) in [5.74, 6) is -1.40. The number of carbonyl (C=O) groups excluding carboxylic acids is 2. The minimum Gasteiger partial charge on any atom is -0.461 e. The van der Waals surface area contributed by atoms with Crippen LogP contribution in [0.25, 0.3) is 16.5 Å². The Morgan fingerprint density at radius 1 is 1.30 bits per heavy atom. The van der Waals surface area contributed by atoms with Gasteiger partial charge in [0.25, 0.3) is 5.56 Å². The highest BCUT2D eigenvalue weighted by Gasteiger charge is 2.23. The number of hydrogen-bond acceptors (Lipinski definition) is 6. The molecule has 1 amide bonds. The second-order valence-corrected chi connectivity index (χ2v) is 6.88. The van der Waals surface area contributed by atoms with Gasteiger partial charge in [0.15, 0.2) is 5.69 Å². The number of benzene rings is 1. The molecule has 2 heterocycles. The quantitative estimate of drug-likeness (QED) is 0.499. The molecule has 10 heteroatoms. The van der Waals surface area contributed by atoms with Crippen molar-refractivity contribution in [3.63, 3.8) is 0 Å². The molecule has 0 aliphatic rings. The molecule has 0 radical (unpaired) electrons. The van der Waals surface area contributed by atoms with Crippen LogP contribution in [0.2, 0.25) is 5.02 Å². The molecule has 0 saturated carbocycles. The second-order valence-electron chi connectivity index (χ2n) is 5.30. The molecule has 2 aromatic heterocycles. The number of hydrogen-bond donors (Lipinski definition) is 1. The van der Waals surface area contributed by atoms with Crippen LogP contribution in [0, 0.1) is 0 Å². The first-order valence-electron chi connectivity index (χ1n) is 7.79. The van der Waals surface area contributed by atoms with Gasteiger partial charge in [-0.1, -0.05) is 11.6 Å². The molecule has 0 aliphatic heterocycles. The van der Waals surface area contributed by atoms with Crippen LogP contribution in [0.1, 0.15) is 17.4 Å². The lowest BCUT2D eigenvalue weighted by molar-refractivity contribution is -0.113. The van der Waals surface area contributed by atoms with Gasteiger partial charge in [-0.15, -0.1) is 22.9 Å². The number of carbonyl (C=O) groups is 2. The zero-order valence-corrected chi connectivity index (χ0v) is 16.3. The Hall–Kier alpha value is -2.42. The van der Waals surface area contributed by atoms with Crippen LogP contribution < -0.4 is 10.9 Å². The molecular formula is C17H13Cl2N3O4S. The smallest absolute Gasteiger partial charge is 0.359 e. The number of rotatable bonds is 5. The number of fused-ring (bicyclic) bond motifs is 1. The SMILES string of the molecule is CCOC(=O)c1nn(-c2ccc(Cl)cc2)c(=O)c2c(NC(=O)CCl)scc12. The molecule has 27 heavy (non-hydrogen) atoms. The van der Waals surface area contributed by atoms with Crippen molar-refractivity contribution in [2.24, 2.45) is 0 Å². The van der Waals surface area contributed by atoms with Crippen molar-refractivity contribution in [1.29, 1.82) is 0 Å². The first-order chi connectivity index (χ1) is 13.0. The van der Waals surface area contributed by atoms with E-state index in [-0.39, 0.29) is 28.6 Å². The van der Waals surface area contributed by atoms with E-state index in [1.807, 2.05) is 0 Å². The Morgan fingerprint density at radius 3 is 2.63 bits per heavy atom. The number of halogens is 2. The number of anilines is 1. The molecule has 0 saturated heterocycles.